The van der Waals surface area contributed by atoms with Crippen molar-refractivity contribution >= 4 is 27.7 Å². The van der Waals surface area contributed by atoms with Gasteiger partial charge in [0, 0.05) is 29.3 Å². The van der Waals surface area contributed by atoms with E-state index in [2.05, 4.69) is 31.8 Å². The first-order valence-electron chi connectivity index (χ1n) is 7.09. The lowest BCUT2D eigenvalue weighted by Crippen LogP contribution is -2.42. The molecule has 120 valence electrons. The van der Waals surface area contributed by atoms with E-state index < -0.39 is 11.8 Å². The average Bonchev–Trinajstić information content (AvgIpc) is 3.14. The molecule has 3 rings (SSSR count). The molecule has 1 aromatic carbocycles. The van der Waals surface area contributed by atoms with Crippen LogP contribution < -0.4 is 10.9 Å². The number of para-hydroxylation sites is 1. The first-order valence-corrected chi connectivity index (χ1v) is 7.88. The van der Waals surface area contributed by atoms with Crippen LogP contribution in [0.25, 0.3) is 5.69 Å². The zero-order valence-electron chi connectivity index (χ0n) is 12.4. The summed E-state index contributed by atoms with van der Waals surface area (Å²) in [5.41, 5.74) is 6.32. The van der Waals surface area contributed by atoms with Gasteiger partial charge in [-0.25, -0.2) is 0 Å². The van der Waals surface area contributed by atoms with Crippen molar-refractivity contribution in [2.75, 3.05) is 0 Å². The minimum atomic E-state index is -0.449. The number of benzene rings is 1. The van der Waals surface area contributed by atoms with E-state index in [0.29, 0.717) is 15.6 Å². The summed E-state index contributed by atoms with van der Waals surface area (Å²) < 4.78 is 2.51. The smallest absolute Gasteiger partial charge is 0.271 e. The summed E-state index contributed by atoms with van der Waals surface area (Å²) in [5.74, 6) is -0.855. The van der Waals surface area contributed by atoms with E-state index in [-0.39, 0.29) is 0 Å². The van der Waals surface area contributed by atoms with Crippen LogP contribution in [-0.4, -0.2) is 21.4 Å². The molecule has 3 aromatic rings. The fraction of sp³-hybridized carbons (Fsp3) is 0. The summed E-state index contributed by atoms with van der Waals surface area (Å²) in [7, 11) is 0. The van der Waals surface area contributed by atoms with Gasteiger partial charge in [-0.05, 0) is 46.3 Å². The standard InChI is InChI=1S/C17H13BrN4O2/c18-13-9-12(10-19-11-13)16(23)20-21-17(24)14-5-1-2-6-15(14)22-7-3-4-8-22/h1-11H,(H,20,23)(H,21,24). The molecule has 0 aliphatic rings. The minimum Gasteiger partial charge on any atom is -0.323 e. The topological polar surface area (TPSA) is 76.0 Å². The van der Waals surface area contributed by atoms with E-state index in [1.165, 1.54) is 6.20 Å². The maximum absolute atomic E-state index is 12.4. The lowest BCUT2D eigenvalue weighted by molar-refractivity contribution is 0.0846. The number of amides is 2. The molecular weight excluding hydrogens is 372 g/mol. The van der Waals surface area contributed by atoms with E-state index >= 15 is 0 Å². The normalized spacial score (nSPS) is 10.2. The summed E-state index contributed by atoms with van der Waals surface area (Å²) in [6.45, 7) is 0. The third-order valence-electron chi connectivity index (χ3n) is 3.29. The monoisotopic (exact) mass is 384 g/mol. The summed E-state index contributed by atoms with van der Waals surface area (Å²) >= 11 is 3.25. The molecule has 2 aromatic heterocycles. The average molecular weight is 385 g/mol. The quantitative estimate of drug-likeness (QED) is 0.681. The summed E-state index contributed by atoms with van der Waals surface area (Å²) in [6, 6.07) is 12.5. The highest BCUT2D eigenvalue weighted by Crippen LogP contribution is 2.14. The Kier molecular flexibility index (Phi) is 4.72. The Morgan fingerprint density at radius 1 is 0.958 bits per heavy atom. The van der Waals surface area contributed by atoms with Crippen LogP contribution in [0.2, 0.25) is 0 Å². The number of rotatable bonds is 3. The van der Waals surface area contributed by atoms with E-state index in [9.17, 15) is 9.59 Å². The largest absolute Gasteiger partial charge is 0.323 e. The van der Waals surface area contributed by atoms with Crippen LogP contribution >= 0.6 is 15.9 Å². The first kappa shape index (κ1) is 15.9. The van der Waals surface area contributed by atoms with Gasteiger partial charge in [-0.1, -0.05) is 12.1 Å². The Morgan fingerprint density at radius 3 is 2.42 bits per heavy atom. The molecule has 6 nitrogen and oxygen atoms in total. The number of hydrogen-bond donors (Lipinski definition) is 2. The third-order valence-corrected chi connectivity index (χ3v) is 3.72. The molecule has 0 spiro atoms. The van der Waals surface area contributed by atoms with Crippen molar-refractivity contribution < 1.29 is 9.59 Å². The van der Waals surface area contributed by atoms with Crippen molar-refractivity contribution in [1.29, 1.82) is 0 Å². The molecular formula is C17H13BrN4O2. The lowest BCUT2D eigenvalue weighted by Gasteiger charge is -2.11. The van der Waals surface area contributed by atoms with Crippen molar-refractivity contribution in [3.8, 4) is 5.69 Å². The predicted molar refractivity (Wildman–Crippen MR) is 92.6 cm³/mol. The summed E-state index contributed by atoms with van der Waals surface area (Å²) in [4.78, 5) is 28.4. The lowest BCUT2D eigenvalue weighted by atomic mass is 10.1. The zero-order valence-corrected chi connectivity index (χ0v) is 14.0. The van der Waals surface area contributed by atoms with Crippen molar-refractivity contribution in [1.82, 2.24) is 20.4 Å². The highest BCUT2D eigenvalue weighted by Gasteiger charge is 2.13. The second-order valence-corrected chi connectivity index (χ2v) is 5.82. The van der Waals surface area contributed by atoms with Gasteiger partial charge in [-0.3, -0.25) is 25.4 Å². The SMILES string of the molecule is O=C(NNC(=O)c1ccccc1-n1cccc1)c1cncc(Br)c1. The van der Waals surface area contributed by atoms with Crippen molar-refractivity contribution in [2.45, 2.75) is 0 Å². The van der Waals surface area contributed by atoms with Gasteiger partial charge < -0.3 is 4.57 Å². The van der Waals surface area contributed by atoms with Gasteiger partial charge in [0.15, 0.2) is 0 Å². The molecule has 0 saturated heterocycles. The number of nitrogens with one attached hydrogen (secondary N) is 2. The number of hydrazine groups is 1. The van der Waals surface area contributed by atoms with Gasteiger partial charge >= 0.3 is 0 Å². The molecule has 24 heavy (non-hydrogen) atoms. The molecule has 0 atom stereocenters. The molecule has 0 bridgehead atoms. The molecule has 0 unspecified atom stereocenters. The molecule has 0 saturated carbocycles. The van der Waals surface area contributed by atoms with Crippen LogP contribution in [0.5, 0.6) is 0 Å². The van der Waals surface area contributed by atoms with Gasteiger partial charge in [0.1, 0.15) is 0 Å². The number of pyridine rings is 1. The zero-order chi connectivity index (χ0) is 16.9. The van der Waals surface area contributed by atoms with Gasteiger partial charge in [0.2, 0.25) is 0 Å². The molecule has 0 aliphatic heterocycles. The van der Waals surface area contributed by atoms with Crippen LogP contribution in [0, 0.1) is 0 Å². The van der Waals surface area contributed by atoms with Crippen molar-refractivity contribution in [3.63, 3.8) is 0 Å². The second kappa shape index (κ2) is 7.10. The second-order valence-electron chi connectivity index (χ2n) is 4.91. The van der Waals surface area contributed by atoms with E-state index in [4.69, 9.17) is 0 Å². The van der Waals surface area contributed by atoms with Crippen molar-refractivity contribution in [2.24, 2.45) is 0 Å². The van der Waals surface area contributed by atoms with Gasteiger partial charge in [-0.15, -0.1) is 0 Å². The van der Waals surface area contributed by atoms with E-state index in [1.807, 2.05) is 41.2 Å². The highest BCUT2D eigenvalue weighted by atomic mass is 79.9. The molecule has 7 heteroatoms. The van der Waals surface area contributed by atoms with E-state index in [1.54, 1.807) is 24.4 Å². The maximum atomic E-state index is 12.4. The van der Waals surface area contributed by atoms with Gasteiger partial charge in [0.25, 0.3) is 11.8 Å². The van der Waals surface area contributed by atoms with Crippen LogP contribution in [0.4, 0.5) is 0 Å². The van der Waals surface area contributed by atoms with E-state index in [0.717, 1.165) is 5.69 Å². The van der Waals surface area contributed by atoms with Crippen LogP contribution in [0.3, 0.4) is 0 Å². The number of hydrogen-bond acceptors (Lipinski definition) is 3. The number of halogens is 1. The molecule has 0 fully saturated rings. The minimum absolute atomic E-state index is 0.336. The van der Waals surface area contributed by atoms with Crippen LogP contribution in [0.15, 0.2) is 71.7 Å². The van der Waals surface area contributed by atoms with Crippen LogP contribution in [0.1, 0.15) is 20.7 Å². The molecule has 2 N–H and O–H groups in total. The number of aromatic nitrogens is 2. The Labute approximate surface area is 146 Å². The molecule has 0 radical (unpaired) electrons. The number of carbonyl (C=O) groups is 2. The number of carbonyl (C=O) groups excluding carboxylic acids is 2. The molecule has 0 aliphatic carbocycles. The summed E-state index contributed by atoms with van der Waals surface area (Å²) in [5, 5.41) is 0. The number of nitrogens with zero attached hydrogens (tertiary/aromatic N) is 2. The Balaban J connectivity index is 1.73. The summed E-state index contributed by atoms with van der Waals surface area (Å²) in [6.07, 6.45) is 6.68. The Morgan fingerprint density at radius 2 is 1.67 bits per heavy atom. The molecule has 2 amide bonds. The fourth-order valence-corrected chi connectivity index (χ4v) is 2.54. The fourth-order valence-electron chi connectivity index (χ4n) is 2.17. The van der Waals surface area contributed by atoms with Crippen molar-refractivity contribution in [3.05, 3.63) is 82.9 Å². The third kappa shape index (κ3) is 3.52. The molecule has 2 heterocycles. The first-order chi connectivity index (χ1) is 11.6. The van der Waals surface area contributed by atoms with Gasteiger partial charge in [-0.2, -0.15) is 0 Å². The Hall–Kier alpha value is -2.93. The maximum Gasteiger partial charge on any atom is 0.271 e. The predicted octanol–water partition coefficient (Wildman–Crippen LogP) is 2.71. The Bertz CT molecular complexity index is 878. The highest BCUT2D eigenvalue weighted by molar-refractivity contribution is 9.10. The van der Waals surface area contributed by atoms with Crippen LogP contribution in [-0.2, 0) is 0 Å². The van der Waals surface area contributed by atoms with Gasteiger partial charge in [0.05, 0.1) is 16.8 Å².